The van der Waals surface area contributed by atoms with E-state index in [2.05, 4.69) is 33.0 Å². The predicted octanol–water partition coefficient (Wildman–Crippen LogP) is 2.21. The van der Waals surface area contributed by atoms with Crippen LogP contribution in [0.25, 0.3) is 0 Å². The Morgan fingerprint density at radius 2 is 1.27 bits per heavy atom. The Hall–Kier alpha value is -0.120. The molecule has 0 saturated heterocycles. The molecule has 0 amide bonds. The fourth-order valence-electron chi connectivity index (χ4n) is 1.03. The second-order valence-electron chi connectivity index (χ2n) is 3.93. The second-order valence-corrected chi connectivity index (χ2v) is 3.93. The molecular weight excluding hydrogens is 190 g/mol. The summed E-state index contributed by atoms with van der Waals surface area (Å²) < 4.78 is 11.1. The van der Waals surface area contributed by atoms with Crippen LogP contribution in [0.15, 0.2) is 0 Å². The molecule has 2 atom stereocenters. The molecule has 15 heavy (non-hydrogen) atoms. The normalized spacial score (nSPS) is 15.2. The largest absolute Gasteiger partial charge is 0.377 e. The van der Waals surface area contributed by atoms with E-state index in [1.807, 2.05) is 0 Å². The average molecular weight is 217 g/mol. The molecule has 0 rings (SSSR count). The Bertz CT molecular complexity index is 117. The standard InChI is InChI=1S/C12H27NO2/c1-5-11(3)14-9-7-13-8-10-15-12(4)6-2/h11-13H,5-10H2,1-4H3. The number of ether oxygens (including phenoxy) is 2. The molecule has 2 unspecified atom stereocenters. The van der Waals surface area contributed by atoms with E-state index in [9.17, 15) is 0 Å². The highest BCUT2D eigenvalue weighted by molar-refractivity contribution is 4.50. The van der Waals surface area contributed by atoms with Gasteiger partial charge in [0.15, 0.2) is 0 Å². The maximum absolute atomic E-state index is 5.54. The summed E-state index contributed by atoms with van der Waals surface area (Å²) in [4.78, 5) is 0. The first-order valence-electron chi connectivity index (χ1n) is 6.14. The van der Waals surface area contributed by atoms with Crippen LogP contribution >= 0.6 is 0 Å². The van der Waals surface area contributed by atoms with Gasteiger partial charge in [0, 0.05) is 13.1 Å². The molecule has 0 aromatic heterocycles. The lowest BCUT2D eigenvalue weighted by Gasteiger charge is -2.12. The first-order valence-corrected chi connectivity index (χ1v) is 6.14. The minimum absolute atomic E-state index is 0.378. The van der Waals surface area contributed by atoms with Crippen molar-refractivity contribution in [3.05, 3.63) is 0 Å². The topological polar surface area (TPSA) is 30.5 Å². The summed E-state index contributed by atoms with van der Waals surface area (Å²) in [6.07, 6.45) is 2.92. The van der Waals surface area contributed by atoms with Crippen LogP contribution in [0.5, 0.6) is 0 Å². The summed E-state index contributed by atoms with van der Waals surface area (Å²) in [5.74, 6) is 0. The van der Waals surface area contributed by atoms with Crippen LogP contribution in [0.1, 0.15) is 40.5 Å². The quantitative estimate of drug-likeness (QED) is 0.569. The molecule has 0 aromatic rings. The molecule has 3 heteroatoms. The summed E-state index contributed by atoms with van der Waals surface area (Å²) >= 11 is 0. The molecular formula is C12H27NO2. The molecule has 3 nitrogen and oxygen atoms in total. The van der Waals surface area contributed by atoms with Crippen molar-refractivity contribution in [2.24, 2.45) is 0 Å². The van der Waals surface area contributed by atoms with E-state index in [0.717, 1.165) is 39.1 Å². The van der Waals surface area contributed by atoms with Crippen LogP contribution in [-0.2, 0) is 9.47 Å². The zero-order chi connectivity index (χ0) is 11.5. The van der Waals surface area contributed by atoms with Crippen molar-refractivity contribution < 1.29 is 9.47 Å². The number of hydrogen-bond acceptors (Lipinski definition) is 3. The number of rotatable bonds is 10. The van der Waals surface area contributed by atoms with Gasteiger partial charge in [-0.15, -0.1) is 0 Å². The zero-order valence-electron chi connectivity index (χ0n) is 10.7. The van der Waals surface area contributed by atoms with Gasteiger partial charge in [0.2, 0.25) is 0 Å². The lowest BCUT2D eigenvalue weighted by Crippen LogP contribution is -2.26. The third kappa shape index (κ3) is 10.2. The molecule has 0 spiro atoms. The third-order valence-corrected chi connectivity index (χ3v) is 2.51. The summed E-state index contributed by atoms with van der Waals surface area (Å²) in [7, 11) is 0. The fourth-order valence-corrected chi connectivity index (χ4v) is 1.03. The van der Waals surface area contributed by atoms with Crippen molar-refractivity contribution in [1.29, 1.82) is 0 Å². The van der Waals surface area contributed by atoms with E-state index < -0.39 is 0 Å². The van der Waals surface area contributed by atoms with Crippen molar-refractivity contribution in [3.63, 3.8) is 0 Å². The lowest BCUT2D eigenvalue weighted by atomic mass is 10.3. The second kappa shape index (κ2) is 10.4. The molecule has 0 aliphatic carbocycles. The Kier molecular flexibility index (Phi) is 10.3. The highest BCUT2D eigenvalue weighted by Crippen LogP contribution is 1.95. The lowest BCUT2D eigenvalue weighted by molar-refractivity contribution is 0.0545. The number of nitrogens with one attached hydrogen (secondary N) is 1. The molecule has 0 saturated carbocycles. The minimum Gasteiger partial charge on any atom is -0.377 e. The van der Waals surface area contributed by atoms with Crippen LogP contribution in [0, 0.1) is 0 Å². The summed E-state index contributed by atoms with van der Waals surface area (Å²) in [5, 5.41) is 3.29. The maximum atomic E-state index is 5.54. The van der Waals surface area contributed by atoms with Gasteiger partial charge in [-0.1, -0.05) is 13.8 Å². The van der Waals surface area contributed by atoms with Crippen LogP contribution in [0.4, 0.5) is 0 Å². The molecule has 0 bridgehead atoms. The van der Waals surface area contributed by atoms with Gasteiger partial charge in [-0.05, 0) is 26.7 Å². The minimum atomic E-state index is 0.378. The predicted molar refractivity (Wildman–Crippen MR) is 64.3 cm³/mol. The maximum Gasteiger partial charge on any atom is 0.0594 e. The smallest absolute Gasteiger partial charge is 0.0594 e. The fraction of sp³-hybridized carbons (Fsp3) is 1.00. The van der Waals surface area contributed by atoms with Gasteiger partial charge < -0.3 is 14.8 Å². The Labute approximate surface area is 94.5 Å². The van der Waals surface area contributed by atoms with Gasteiger partial charge >= 0.3 is 0 Å². The Morgan fingerprint density at radius 3 is 1.60 bits per heavy atom. The van der Waals surface area contributed by atoms with Crippen molar-refractivity contribution in [2.75, 3.05) is 26.3 Å². The molecule has 0 fully saturated rings. The van der Waals surface area contributed by atoms with Crippen molar-refractivity contribution in [3.8, 4) is 0 Å². The average Bonchev–Trinajstić information content (AvgIpc) is 2.26. The van der Waals surface area contributed by atoms with Crippen LogP contribution in [0.2, 0.25) is 0 Å². The molecule has 1 N–H and O–H groups in total. The molecule has 0 radical (unpaired) electrons. The van der Waals surface area contributed by atoms with E-state index in [1.54, 1.807) is 0 Å². The van der Waals surface area contributed by atoms with Gasteiger partial charge in [0.05, 0.1) is 25.4 Å². The molecule has 0 heterocycles. The zero-order valence-corrected chi connectivity index (χ0v) is 10.7. The van der Waals surface area contributed by atoms with E-state index in [-0.39, 0.29) is 0 Å². The highest BCUT2D eigenvalue weighted by Gasteiger charge is 1.98. The van der Waals surface area contributed by atoms with Crippen LogP contribution in [-0.4, -0.2) is 38.5 Å². The van der Waals surface area contributed by atoms with Gasteiger partial charge in [0.25, 0.3) is 0 Å². The SMILES string of the molecule is CCC(C)OCCNCCOC(C)CC. The Balaban J connectivity index is 3.05. The third-order valence-electron chi connectivity index (χ3n) is 2.51. The van der Waals surface area contributed by atoms with Gasteiger partial charge in [-0.2, -0.15) is 0 Å². The van der Waals surface area contributed by atoms with Crippen LogP contribution in [0.3, 0.4) is 0 Å². The van der Waals surface area contributed by atoms with Crippen molar-refractivity contribution >= 4 is 0 Å². The number of hydrogen-bond donors (Lipinski definition) is 1. The van der Waals surface area contributed by atoms with Crippen molar-refractivity contribution in [1.82, 2.24) is 5.32 Å². The molecule has 0 aliphatic rings. The Morgan fingerprint density at radius 1 is 0.867 bits per heavy atom. The molecule has 92 valence electrons. The summed E-state index contributed by atoms with van der Waals surface area (Å²) in [6.45, 7) is 11.9. The van der Waals surface area contributed by atoms with E-state index in [1.165, 1.54) is 0 Å². The van der Waals surface area contributed by atoms with E-state index >= 15 is 0 Å². The van der Waals surface area contributed by atoms with E-state index in [0.29, 0.717) is 12.2 Å². The van der Waals surface area contributed by atoms with Crippen molar-refractivity contribution in [2.45, 2.75) is 52.7 Å². The van der Waals surface area contributed by atoms with Gasteiger partial charge in [0.1, 0.15) is 0 Å². The molecule has 0 aromatic carbocycles. The molecule has 0 aliphatic heterocycles. The van der Waals surface area contributed by atoms with Crippen LogP contribution < -0.4 is 5.32 Å². The van der Waals surface area contributed by atoms with Gasteiger partial charge in [-0.25, -0.2) is 0 Å². The summed E-state index contributed by atoms with van der Waals surface area (Å²) in [6, 6.07) is 0. The van der Waals surface area contributed by atoms with E-state index in [4.69, 9.17) is 9.47 Å². The first kappa shape index (κ1) is 14.9. The highest BCUT2D eigenvalue weighted by atomic mass is 16.5. The van der Waals surface area contributed by atoms with Gasteiger partial charge in [-0.3, -0.25) is 0 Å². The summed E-state index contributed by atoms with van der Waals surface area (Å²) in [5.41, 5.74) is 0. The monoisotopic (exact) mass is 217 g/mol. The first-order chi connectivity index (χ1) is 7.20.